The Bertz CT molecular complexity index is 203. The largest absolute Gasteiger partial charge is 0.499 e. The molecular formula is C7H11NOS3. The molecule has 0 aromatic heterocycles. The molecule has 0 aliphatic carbocycles. The average molecular weight is 221 g/mol. The first kappa shape index (κ1) is 10.2. The van der Waals surface area contributed by atoms with Gasteiger partial charge in [-0.25, -0.2) is 0 Å². The average Bonchev–Trinajstić information content (AvgIpc) is 2.06. The zero-order valence-electron chi connectivity index (χ0n) is 7.07. The van der Waals surface area contributed by atoms with E-state index >= 15 is 0 Å². The van der Waals surface area contributed by atoms with Crippen LogP contribution in [0.5, 0.6) is 0 Å². The van der Waals surface area contributed by atoms with Gasteiger partial charge in [0, 0.05) is 19.8 Å². The number of rotatable bonds is 1. The molecule has 0 bridgehead atoms. The van der Waals surface area contributed by atoms with Crippen molar-refractivity contribution in [1.82, 2.24) is 4.90 Å². The molecule has 0 atom stereocenters. The molecule has 1 aliphatic heterocycles. The van der Waals surface area contributed by atoms with Gasteiger partial charge in [0.15, 0.2) is 0 Å². The second-order valence-electron chi connectivity index (χ2n) is 2.42. The van der Waals surface area contributed by atoms with E-state index in [0.29, 0.717) is 0 Å². The van der Waals surface area contributed by atoms with Crippen molar-refractivity contribution in [2.24, 2.45) is 0 Å². The third-order valence-corrected chi connectivity index (χ3v) is 3.99. The van der Waals surface area contributed by atoms with Gasteiger partial charge in [0.2, 0.25) is 0 Å². The highest BCUT2D eigenvalue weighted by atomic mass is 32.2. The first-order valence-corrected chi connectivity index (χ1v) is 5.75. The standard InChI is InChI=1S/C7H11NOS3/c1-8(2)7(10)12-6-5-9-3-4-11-6/h5H,3-4H2,1-2H3. The molecule has 0 spiro atoms. The molecule has 0 saturated carbocycles. The van der Waals surface area contributed by atoms with Gasteiger partial charge in [-0.2, -0.15) is 0 Å². The highest BCUT2D eigenvalue weighted by Gasteiger charge is 2.09. The second-order valence-corrected chi connectivity index (χ2v) is 5.49. The minimum absolute atomic E-state index is 0.809. The van der Waals surface area contributed by atoms with Crippen molar-refractivity contribution in [2.75, 3.05) is 26.5 Å². The molecule has 0 aromatic rings. The van der Waals surface area contributed by atoms with Gasteiger partial charge in [-0.15, -0.1) is 11.8 Å². The highest BCUT2D eigenvalue weighted by molar-refractivity contribution is 8.34. The van der Waals surface area contributed by atoms with Crippen molar-refractivity contribution in [3.8, 4) is 0 Å². The Balaban J connectivity index is 2.39. The van der Waals surface area contributed by atoms with Crippen LogP contribution in [-0.4, -0.2) is 35.7 Å². The third-order valence-electron chi connectivity index (χ3n) is 1.18. The fourth-order valence-electron chi connectivity index (χ4n) is 0.582. The summed E-state index contributed by atoms with van der Waals surface area (Å²) in [5, 5.41) is 0. The number of thioether (sulfide) groups is 2. The van der Waals surface area contributed by atoms with Crippen LogP contribution in [0.3, 0.4) is 0 Å². The molecule has 5 heteroatoms. The van der Waals surface area contributed by atoms with Crippen LogP contribution in [-0.2, 0) is 4.74 Å². The lowest BCUT2D eigenvalue weighted by Gasteiger charge is -2.16. The summed E-state index contributed by atoms with van der Waals surface area (Å²) < 4.78 is 7.21. The minimum Gasteiger partial charge on any atom is -0.499 e. The predicted octanol–water partition coefficient (Wildman–Crippen LogP) is 2.13. The highest BCUT2D eigenvalue weighted by Crippen LogP contribution is 2.32. The number of hydrogen-bond acceptors (Lipinski definition) is 4. The fraction of sp³-hybridized carbons (Fsp3) is 0.571. The number of thiocarbonyl (C=S) groups is 1. The molecule has 2 nitrogen and oxygen atoms in total. The van der Waals surface area contributed by atoms with Gasteiger partial charge < -0.3 is 9.64 Å². The van der Waals surface area contributed by atoms with Crippen molar-refractivity contribution in [3.63, 3.8) is 0 Å². The Morgan fingerprint density at radius 2 is 2.50 bits per heavy atom. The van der Waals surface area contributed by atoms with Crippen LogP contribution in [0.4, 0.5) is 0 Å². The van der Waals surface area contributed by atoms with Crippen molar-refractivity contribution in [3.05, 3.63) is 10.5 Å². The zero-order valence-corrected chi connectivity index (χ0v) is 9.52. The summed E-state index contributed by atoms with van der Waals surface area (Å²) in [4.78, 5) is 1.93. The smallest absolute Gasteiger partial charge is 0.141 e. The van der Waals surface area contributed by atoms with Crippen molar-refractivity contribution < 1.29 is 4.74 Å². The maximum atomic E-state index is 5.18. The summed E-state index contributed by atoms with van der Waals surface area (Å²) in [7, 11) is 3.90. The maximum absolute atomic E-state index is 5.18. The summed E-state index contributed by atoms with van der Waals surface area (Å²) in [6.45, 7) is 0.809. The fourth-order valence-corrected chi connectivity index (χ4v) is 2.72. The topological polar surface area (TPSA) is 12.5 Å². The number of hydrogen-bond donors (Lipinski definition) is 0. The summed E-state index contributed by atoms with van der Waals surface area (Å²) >= 11 is 8.52. The van der Waals surface area contributed by atoms with Crippen LogP contribution >= 0.6 is 35.7 Å². The SMILES string of the molecule is CN(C)C(=S)SC1=COCCS1. The summed E-state index contributed by atoms with van der Waals surface area (Å²) in [6, 6.07) is 0. The van der Waals surface area contributed by atoms with E-state index in [9.17, 15) is 0 Å². The molecule has 1 heterocycles. The van der Waals surface area contributed by atoms with Crippen LogP contribution < -0.4 is 0 Å². The lowest BCUT2D eigenvalue weighted by atomic mass is 10.8. The van der Waals surface area contributed by atoms with E-state index in [1.54, 1.807) is 29.8 Å². The van der Waals surface area contributed by atoms with Crippen molar-refractivity contribution in [2.45, 2.75) is 0 Å². The lowest BCUT2D eigenvalue weighted by Crippen LogP contribution is -2.16. The molecule has 68 valence electrons. The Labute approximate surface area is 86.7 Å². The molecule has 0 radical (unpaired) electrons. The molecule has 12 heavy (non-hydrogen) atoms. The Kier molecular flexibility index (Phi) is 4.25. The van der Waals surface area contributed by atoms with Crippen molar-refractivity contribution in [1.29, 1.82) is 0 Å². The second kappa shape index (κ2) is 4.99. The van der Waals surface area contributed by atoms with E-state index in [1.165, 1.54) is 0 Å². The molecule has 0 fully saturated rings. The third kappa shape index (κ3) is 3.25. The van der Waals surface area contributed by atoms with Gasteiger partial charge in [-0.3, -0.25) is 0 Å². The molecule has 0 unspecified atom stereocenters. The molecule has 1 rings (SSSR count). The Hall–Kier alpha value is 0.130. The Morgan fingerprint density at radius 3 is 3.00 bits per heavy atom. The lowest BCUT2D eigenvalue weighted by molar-refractivity contribution is 0.270. The molecule has 0 N–H and O–H groups in total. The van der Waals surface area contributed by atoms with Crippen molar-refractivity contribution >= 4 is 40.1 Å². The minimum atomic E-state index is 0.809. The van der Waals surface area contributed by atoms with E-state index < -0.39 is 0 Å². The molecule has 0 amide bonds. The van der Waals surface area contributed by atoms with Crippen LogP contribution in [0, 0.1) is 0 Å². The summed E-state index contributed by atoms with van der Waals surface area (Å²) in [6.07, 6.45) is 1.79. The zero-order chi connectivity index (χ0) is 8.97. The van der Waals surface area contributed by atoms with E-state index in [4.69, 9.17) is 17.0 Å². The van der Waals surface area contributed by atoms with Gasteiger partial charge in [-0.05, 0) is 0 Å². The normalized spacial score (nSPS) is 16.3. The summed E-state index contributed by atoms with van der Waals surface area (Å²) in [5.41, 5.74) is 0. The van der Waals surface area contributed by atoms with Crippen LogP contribution in [0.25, 0.3) is 0 Å². The number of ether oxygens (including phenoxy) is 1. The van der Waals surface area contributed by atoms with E-state index in [-0.39, 0.29) is 0 Å². The monoisotopic (exact) mass is 221 g/mol. The molecule has 0 aromatic carbocycles. The van der Waals surface area contributed by atoms with Gasteiger partial charge in [0.25, 0.3) is 0 Å². The first-order valence-electron chi connectivity index (χ1n) is 3.54. The first-order chi connectivity index (χ1) is 5.70. The molecular weight excluding hydrogens is 210 g/mol. The van der Waals surface area contributed by atoms with Crippen LogP contribution in [0.15, 0.2) is 10.5 Å². The maximum Gasteiger partial charge on any atom is 0.141 e. The molecule has 0 saturated heterocycles. The number of nitrogens with zero attached hydrogens (tertiary/aromatic N) is 1. The summed E-state index contributed by atoms with van der Waals surface area (Å²) in [5.74, 6) is 1.02. The quantitative estimate of drug-likeness (QED) is 0.627. The van der Waals surface area contributed by atoms with Gasteiger partial charge in [0.1, 0.15) is 10.6 Å². The predicted molar refractivity (Wildman–Crippen MR) is 60.4 cm³/mol. The van der Waals surface area contributed by atoms with Gasteiger partial charge in [-0.1, -0.05) is 24.0 Å². The van der Waals surface area contributed by atoms with Gasteiger partial charge >= 0.3 is 0 Å². The van der Waals surface area contributed by atoms with Crippen LogP contribution in [0.2, 0.25) is 0 Å². The molecule has 1 aliphatic rings. The van der Waals surface area contributed by atoms with E-state index in [0.717, 1.165) is 20.9 Å². The van der Waals surface area contributed by atoms with Crippen LogP contribution in [0.1, 0.15) is 0 Å². The van der Waals surface area contributed by atoms with E-state index in [2.05, 4.69) is 0 Å². The Morgan fingerprint density at radius 1 is 1.75 bits per heavy atom. The van der Waals surface area contributed by atoms with E-state index in [1.807, 2.05) is 19.0 Å². The van der Waals surface area contributed by atoms with Gasteiger partial charge in [0.05, 0.1) is 10.8 Å².